The number of quaternary nitrogens is 1. The molecular weight excluding hydrogens is 432 g/mol. The Balaban J connectivity index is 1.48. The van der Waals surface area contributed by atoms with Crippen LogP contribution in [0.15, 0.2) is 70.5 Å². The fraction of sp³-hybridized carbons (Fsp3) is 0.318. The first-order valence-corrected chi connectivity index (χ1v) is 12.6. The third kappa shape index (κ3) is 5.07. The number of ether oxygens (including phenoxy) is 1. The summed E-state index contributed by atoms with van der Waals surface area (Å²) in [6, 6.07) is 15.4. The predicted octanol–water partition coefficient (Wildman–Crippen LogP) is 1.58. The Labute approximate surface area is 187 Å². The summed E-state index contributed by atoms with van der Waals surface area (Å²) in [5.74, 6) is 0.874. The van der Waals surface area contributed by atoms with Gasteiger partial charge in [0.1, 0.15) is 16.0 Å². The Kier molecular flexibility index (Phi) is 6.86. The van der Waals surface area contributed by atoms with E-state index < -0.39 is 10.0 Å². The SMILES string of the molecule is COc1ccccc1N1CC[NH+](C(CNS(=O)(=O)c2cccs2)c2cccnc2)CC1. The Morgan fingerprint density at radius 2 is 1.97 bits per heavy atom. The van der Waals surface area contributed by atoms with Crippen molar-refractivity contribution in [2.75, 3.05) is 44.7 Å². The number of thiophene rings is 1. The number of nitrogens with zero attached hydrogens (tertiary/aromatic N) is 2. The van der Waals surface area contributed by atoms with Crippen LogP contribution in [-0.4, -0.2) is 53.2 Å². The van der Waals surface area contributed by atoms with Crippen LogP contribution in [0.4, 0.5) is 5.69 Å². The molecule has 1 fully saturated rings. The summed E-state index contributed by atoms with van der Waals surface area (Å²) in [6.07, 6.45) is 3.58. The number of para-hydroxylation sites is 2. The molecule has 0 amide bonds. The van der Waals surface area contributed by atoms with Crippen LogP contribution >= 0.6 is 11.3 Å². The summed E-state index contributed by atoms with van der Waals surface area (Å²) in [5.41, 5.74) is 2.14. The van der Waals surface area contributed by atoms with Crippen LogP contribution in [0.5, 0.6) is 5.75 Å². The van der Waals surface area contributed by atoms with Gasteiger partial charge in [-0.15, -0.1) is 11.3 Å². The minimum absolute atomic E-state index is 0.0109. The van der Waals surface area contributed by atoms with Crippen LogP contribution in [-0.2, 0) is 10.0 Å². The van der Waals surface area contributed by atoms with E-state index in [-0.39, 0.29) is 6.04 Å². The summed E-state index contributed by atoms with van der Waals surface area (Å²) < 4.78 is 34.0. The number of pyridine rings is 1. The fourth-order valence-electron chi connectivity index (χ4n) is 4.03. The first kappa shape index (κ1) is 21.8. The highest BCUT2D eigenvalue weighted by atomic mass is 32.2. The number of methoxy groups -OCH3 is 1. The molecule has 0 spiro atoms. The quantitative estimate of drug-likeness (QED) is 0.535. The van der Waals surface area contributed by atoms with E-state index in [0.717, 1.165) is 43.2 Å². The maximum Gasteiger partial charge on any atom is 0.250 e. The van der Waals surface area contributed by atoms with E-state index in [4.69, 9.17) is 4.74 Å². The maximum atomic E-state index is 12.7. The lowest BCUT2D eigenvalue weighted by Gasteiger charge is -2.38. The summed E-state index contributed by atoms with van der Waals surface area (Å²) in [4.78, 5) is 7.94. The van der Waals surface area contributed by atoms with Gasteiger partial charge in [0.05, 0.1) is 45.5 Å². The number of benzene rings is 1. The number of hydrogen-bond donors (Lipinski definition) is 2. The van der Waals surface area contributed by atoms with Crippen molar-refractivity contribution in [3.05, 3.63) is 71.9 Å². The first-order valence-electron chi connectivity index (χ1n) is 10.2. The van der Waals surface area contributed by atoms with Crippen molar-refractivity contribution in [2.24, 2.45) is 0 Å². The lowest BCUT2D eigenvalue weighted by Crippen LogP contribution is -3.15. The molecule has 0 bridgehead atoms. The van der Waals surface area contributed by atoms with E-state index in [0.29, 0.717) is 10.8 Å². The second kappa shape index (κ2) is 9.78. The van der Waals surface area contributed by atoms with E-state index in [1.165, 1.54) is 16.2 Å². The molecule has 1 aromatic carbocycles. The van der Waals surface area contributed by atoms with Crippen molar-refractivity contribution in [2.45, 2.75) is 10.3 Å². The van der Waals surface area contributed by atoms with Crippen LogP contribution in [0.3, 0.4) is 0 Å². The largest absolute Gasteiger partial charge is 0.495 e. The Hall–Kier alpha value is -2.46. The highest BCUT2D eigenvalue weighted by molar-refractivity contribution is 7.91. The molecular formula is C22H27N4O3S2+. The monoisotopic (exact) mass is 459 g/mol. The average molecular weight is 460 g/mol. The molecule has 3 heterocycles. The topological polar surface area (TPSA) is 76.0 Å². The number of aromatic nitrogens is 1. The number of piperazine rings is 1. The molecule has 164 valence electrons. The lowest BCUT2D eigenvalue weighted by atomic mass is 10.1. The molecule has 9 heteroatoms. The van der Waals surface area contributed by atoms with E-state index in [2.05, 4.69) is 20.7 Å². The highest BCUT2D eigenvalue weighted by Gasteiger charge is 2.31. The molecule has 2 N–H and O–H groups in total. The molecule has 2 aromatic heterocycles. The summed E-state index contributed by atoms with van der Waals surface area (Å²) in [6.45, 7) is 3.83. The van der Waals surface area contributed by atoms with Gasteiger partial charge in [-0.05, 0) is 35.7 Å². The van der Waals surface area contributed by atoms with Gasteiger partial charge in [-0.1, -0.05) is 18.2 Å². The van der Waals surface area contributed by atoms with Crippen LogP contribution in [0.2, 0.25) is 0 Å². The van der Waals surface area contributed by atoms with E-state index in [9.17, 15) is 8.42 Å². The van der Waals surface area contributed by atoms with Crippen LogP contribution in [0.1, 0.15) is 11.6 Å². The molecule has 3 aromatic rings. The van der Waals surface area contributed by atoms with Crippen molar-refractivity contribution in [3.63, 3.8) is 0 Å². The van der Waals surface area contributed by atoms with Gasteiger partial charge < -0.3 is 14.5 Å². The van der Waals surface area contributed by atoms with Crippen LogP contribution in [0, 0.1) is 0 Å². The smallest absolute Gasteiger partial charge is 0.250 e. The average Bonchev–Trinajstić information content (AvgIpc) is 3.36. The summed E-state index contributed by atoms with van der Waals surface area (Å²) in [5, 5.41) is 1.77. The number of rotatable bonds is 8. The number of hydrogen-bond acceptors (Lipinski definition) is 6. The predicted molar refractivity (Wildman–Crippen MR) is 122 cm³/mol. The van der Waals surface area contributed by atoms with Gasteiger partial charge in [0.2, 0.25) is 10.0 Å². The standard InChI is InChI=1S/C22H26N4O3S2/c1-29-21-8-3-2-7-19(21)25-11-13-26(14-12-25)20(18-6-4-10-23-16-18)17-24-31(27,28)22-9-5-15-30-22/h2-10,15-16,20,24H,11-14,17H2,1H3/p+1. The van der Waals surface area contributed by atoms with Gasteiger partial charge >= 0.3 is 0 Å². The molecule has 0 saturated carbocycles. The van der Waals surface area contributed by atoms with Gasteiger partial charge in [0, 0.05) is 18.0 Å². The van der Waals surface area contributed by atoms with Gasteiger partial charge in [-0.2, -0.15) is 0 Å². The second-order valence-corrected chi connectivity index (χ2v) is 10.4. The maximum absolute atomic E-state index is 12.7. The zero-order valence-corrected chi connectivity index (χ0v) is 19.0. The van der Waals surface area contributed by atoms with Crippen LogP contribution in [0.25, 0.3) is 0 Å². The van der Waals surface area contributed by atoms with Crippen molar-refractivity contribution in [3.8, 4) is 5.75 Å². The number of anilines is 1. The number of nitrogens with one attached hydrogen (secondary N) is 2. The zero-order chi connectivity index (χ0) is 21.7. The molecule has 7 nitrogen and oxygen atoms in total. The number of sulfonamides is 1. The third-order valence-corrected chi connectivity index (χ3v) is 8.47. The Morgan fingerprint density at radius 1 is 1.16 bits per heavy atom. The van der Waals surface area contributed by atoms with Crippen molar-refractivity contribution < 1.29 is 18.1 Å². The molecule has 1 unspecified atom stereocenters. The Bertz CT molecular complexity index is 1070. The summed E-state index contributed by atoms with van der Waals surface area (Å²) in [7, 11) is -1.82. The first-order chi connectivity index (χ1) is 15.1. The normalized spacial score (nSPS) is 16.2. The molecule has 4 rings (SSSR count). The highest BCUT2D eigenvalue weighted by Crippen LogP contribution is 2.27. The van der Waals surface area contributed by atoms with E-state index in [1.54, 1.807) is 30.8 Å². The van der Waals surface area contributed by atoms with E-state index >= 15 is 0 Å². The molecule has 1 aliphatic heterocycles. The van der Waals surface area contributed by atoms with Crippen molar-refractivity contribution in [1.82, 2.24) is 9.71 Å². The third-order valence-electron chi connectivity index (χ3n) is 5.65. The zero-order valence-electron chi connectivity index (χ0n) is 17.4. The van der Waals surface area contributed by atoms with E-state index in [1.807, 2.05) is 36.5 Å². The van der Waals surface area contributed by atoms with Gasteiger partial charge in [-0.3, -0.25) is 4.98 Å². The molecule has 1 saturated heterocycles. The molecule has 0 radical (unpaired) electrons. The van der Waals surface area contributed by atoms with Crippen molar-refractivity contribution in [1.29, 1.82) is 0 Å². The fourth-order valence-corrected chi connectivity index (χ4v) is 6.12. The molecule has 1 atom stereocenters. The molecule has 0 aliphatic carbocycles. The van der Waals surface area contributed by atoms with Gasteiger partial charge in [0.15, 0.2) is 0 Å². The van der Waals surface area contributed by atoms with Crippen molar-refractivity contribution >= 4 is 27.0 Å². The second-order valence-electron chi connectivity index (χ2n) is 7.44. The van der Waals surface area contributed by atoms with Gasteiger partial charge in [0.25, 0.3) is 0 Å². The minimum atomic E-state index is -3.51. The lowest BCUT2D eigenvalue weighted by molar-refractivity contribution is -0.930. The van der Waals surface area contributed by atoms with Crippen LogP contribution < -0.4 is 19.3 Å². The Morgan fingerprint density at radius 3 is 2.65 bits per heavy atom. The minimum Gasteiger partial charge on any atom is -0.495 e. The molecule has 1 aliphatic rings. The summed E-state index contributed by atoms with van der Waals surface area (Å²) >= 11 is 1.23. The van der Waals surface area contributed by atoms with Gasteiger partial charge in [-0.25, -0.2) is 13.1 Å². The molecule has 31 heavy (non-hydrogen) atoms.